The van der Waals surface area contributed by atoms with Crippen molar-refractivity contribution in [3.63, 3.8) is 0 Å². The summed E-state index contributed by atoms with van der Waals surface area (Å²) in [7, 11) is 0. The summed E-state index contributed by atoms with van der Waals surface area (Å²) in [6.45, 7) is 4.37. The predicted octanol–water partition coefficient (Wildman–Crippen LogP) is 5.94. The number of ketones is 2. The molecule has 2 N–H and O–H groups in total. The molecule has 0 amide bonds. The fourth-order valence-corrected chi connectivity index (χ4v) is 5.25. The zero-order valence-electron chi connectivity index (χ0n) is 23.2. The van der Waals surface area contributed by atoms with Crippen molar-refractivity contribution in [2.24, 2.45) is 0 Å². The molecule has 208 valence electrons. The van der Waals surface area contributed by atoms with Crippen LogP contribution in [0.4, 0.5) is 17.1 Å². The van der Waals surface area contributed by atoms with Crippen LogP contribution in [0, 0.1) is 11.3 Å². The highest BCUT2D eigenvalue weighted by atomic mass is 16.3. The number of piperidine rings is 1. The van der Waals surface area contributed by atoms with Gasteiger partial charge in [-0.05, 0) is 91.6 Å². The lowest BCUT2D eigenvalue weighted by Gasteiger charge is -2.31. The van der Waals surface area contributed by atoms with Crippen LogP contribution in [0.25, 0.3) is 0 Å². The maximum Gasteiger partial charge on any atom is 0.183 e. The normalized spacial score (nSPS) is 13.5. The Kier molecular flexibility index (Phi) is 8.61. The summed E-state index contributed by atoms with van der Waals surface area (Å²) in [6.07, 6.45) is 3.74. The number of aliphatic hydroxyl groups is 1. The molecule has 5 rings (SSSR count). The number of carbonyl (C=O) groups is 2. The van der Waals surface area contributed by atoms with Gasteiger partial charge in [0, 0.05) is 55.6 Å². The van der Waals surface area contributed by atoms with Crippen LogP contribution < -0.4 is 10.2 Å². The largest absolute Gasteiger partial charge is 0.393 e. The molecule has 0 unspecified atom stereocenters. The molecule has 2 heterocycles. The molecular formula is C34H34N4O3. The SMILES string of the molecule is CCn1cccc1C(=O)Cc1ccc(Nc2ccc(CC(=O)c3ccc(N4CCC(O)CC4)cc3)cc2)c(C#N)c1. The number of nitrogens with one attached hydrogen (secondary N) is 1. The molecule has 1 aliphatic rings. The lowest BCUT2D eigenvalue weighted by Crippen LogP contribution is -2.35. The zero-order valence-corrected chi connectivity index (χ0v) is 23.2. The number of nitriles is 1. The van der Waals surface area contributed by atoms with Gasteiger partial charge in [0.15, 0.2) is 11.6 Å². The van der Waals surface area contributed by atoms with E-state index in [1.807, 2.05) is 90.5 Å². The second-order valence-electron chi connectivity index (χ2n) is 10.5. The van der Waals surface area contributed by atoms with E-state index in [1.54, 1.807) is 6.07 Å². The number of rotatable bonds is 10. The van der Waals surface area contributed by atoms with E-state index in [0.717, 1.165) is 55.0 Å². The fourth-order valence-electron chi connectivity index (χ4n) is 5.25. The summed E-state index contributed by atoms with van der Waals surface area (Å²) in [5.41, 5.74) is 6.04. The van der Waals surface area contributed by atoms with E-state index in [2.05, 4.69) is 16.3 Å². The number of anilines is 3. The predicted molar refractivity (Wildman–Crippen MR) is 161 cm³/mol. The first-order valence-corrected chi connectivity index (χ1v) is 14.1. The Bertz CT molecular complexity index is 1560. The van der Waals surface area contributed by atoms with E-state index < -0.39 is 0 Å². The molecule has 4 aromatic rings. The summed E-state index contributed by atoms with van der Waals surface area (Å²) < 4.78 is 1.92. The number of hydrogen-bond acceptors (Lipinski definition) is 6. The standard InChI is InChI=1S/C34H34N4O3/c1-2-37-17-3-4-32(37)34(41)22-25-7-14-31(27(20-25)23-35)36-28-10-5-24(6-11-28)21-33(40)26-8-12-29(13-9-26)38-18-15-30(39)16-19-38/h3-14,17,20,30,36,39H,2,15-16,18-19,21-22H2,1H3. The molecule has 3 aromatic carbocycles. The van der Waals surface area contributed by atoms with Gasteiger partial charge in [-0.15, -0.1) is 0 Å². The van der Waals surface area contributed by atoms with Crippen molar-refractivity contribution in [1.82, 2.24) is 4.57 Å². The van der Waals surface area contributed by atoms with E-state index in [9.17, 15) is 20.0 Å². The van der Waals surface area contributed by atoms with Gasteiger partial charge < -0.3 is 19.9 Å². The van der Waals surface area contributed by atoms with Crippen molar-refractivity contribution >= 4 is 28.6 Å². The lowest BCUT2D eigenvalue weighted by molar-refractivity contribution is 0.0979. The van der Waals surface area contributed by atoms with E-state index >= 15 is 0 Å². The Hall–Kier alpha value is -4.67. The van der Waals surface area contributed by atoms with Crippen LogP contribution in [-0.4, -0.2) is 40.4 Å². The number of carbonyl (C=O) groups excluding carboxylic acids is 2. The third-order valence-electron chi connectivity index (χ3n) is 7.64. The molecule has 0 saturated carbocycles. The van der Waals surface area contributed by atoms with E-state index in [1.165, 1.54) is 0 Å². The molecule has 0 aliphatic carbocycles. The molecule has 41 heavy (non-hydrogen) atoms. The van der Waals surface area contributed by atoms with Gasteiger partial charge >= 0.3 is 0 Å². The van der Waals surface area contributed by atoms with Crippen LogP contribution in [-0.2, 0) is 19.4 Å². The van der Waals surface area contributed by atoms with Crippen molar-refractivity contribution in [1.29, 1.82) is 5.26 Å². The van der Waals surface area contributed by atoms with Crippen LogP contribution in [0.2, 0.25) is 0 Å². The maximum atomic E-state index is 12.9. The minimum absolute atomic E-state index is 0.0188. The Morgan fingerprint density at radius 2 is 1.61 bits per heavy atom. The number of aromatic nitrogens is 1. The third kappa shape index (κ3) is 6.74. The number of benzene rings is 3. The highest BCUT2D eigenvalue weighted by Gasteiger charge is 2.18. The van der Waals surface area contributed by atoms with Crippen molar-refractivity contribution in [3.05, 3.63) is 113 Å². The maximum absolute atomic E-state index is 12.9. The van der Waals surface area contributed by atoms with Crippen molar-refractivity contribution in [2.75, 3.05) is 23.3 Å². The molecule has 0 radical (unpaired) electrons. The summed E-state index contributed by atoms with van der Waals surface area (Å²) in [6, 6.07) is 26.7. The van der Waals surface area contributed by atoms with E-state index in [4.69, 9.17) is 0 Å². The molecule has 0 atom stereocenters. The topological polar surface area (TPSA) is 98.4 Å². The molecule has 1 fully saturated rings. The average molecular weight is 547 g/mol. The molecule has 0 bridgehead atoms. The molecule has 7 nitrogen and oxygen atoms in total. The van der Waals surface area contributed by atoms with Crippen LogP contribution in [0.15, 0.2) is 85.1 Å². The van der Waals surface area contributed by atoms with Crippen molar-refractivity contribution in [2.45, 2.75) is 45.3 Å². The highest BCUT2D eigenvalue weighted by Crippen LogP contribution is 2.24. The number of nitrogens with zero attached hydrogens (tertiary/aromatic N) is 3. The minimum atomic E-state index is -0.213. The van der Waals surface area contributed by atoms with Crippen LogP contribution in [0.3, 0.4) is 0 Å². The van der Waals surface area contributed by atoms with Crippen molar-refractivity contribution < 1.29 is 14.7 Å². The van der Waals surface area contributed by atoms with Gasteiger partial charge in [-0.2, -0.15) is 5.26 Å². The lowest BCUT2D eigenvalue weighted by atomic mass is 10.0. The van der Waals surface area contributed by atoms with Gasteiger partial charge in [0.2, 0.25) is 0 Å². The second-order valence-corrected chi connectivity index (χ2v) is 10.5. The molecule has 7 heteroatoms. The van der Waals surface area contributed by atoms with Gasteiger partial charge in [-0.3, -0.25) is 9.59 Å². The summed E-state index contributed by atoms with van der Waals surface area (Å²) >= 11 is 0. The van der Waals surface area contributed by atoms with Crippen LogP contribution in [0.1, 0.15) is 57.3 Å². The van der Waals surface area contributed by atoms with Crippen LogP contribution >= 0.6 is 0 Å². The first-order valence-electron chi connectivity index (χ1n) is 14.1. The van der Waals surface area contributed by atoms with E-state index in [0.29, 0.717) is 28.9 Å². The first-order chi connectivity index (χ1) is 19.9. The Labute approximate surface area is 240 Å². The van der Waals surface area contributed by atoms with E-state index in [-0.39, 0.29) is 24.1 Å². The number of hydrogen-bond donors (Lipinski definition) is 2. The highest BCUT2D eigenvalue weighted by molar-refractivity contribution is 5.98. The molecule has 1 aromatic heterocycles. The number of aryl methyl sites for hydroxylation is 1. The summed E-state index contributed by atoms with van der Waals surface area (Å²) in [5, 5.41) is 22.8. The van der Waals surface area contributed by atoms with Gasteiger partial charge in [0.1, 0.15) is 6.07 Å². The number of Topliss-reactive ketones (excluding diaryl/α,β-unsaturated/α-hetero) is 2. The van der Waals surface area contributed by atoms with Gasteiger partial charge in [-0.25, -0.2) is 0 Å². The summed E-state index contributed by atoms with van der Waals surface area (Å²) in [5.74, 6) is 0.0692. The summed E-state index contributed by atoms with van der Waals surface area (Å²) in [4.78, 5) is 27.9. The van der Waals surface area contributed by atoms with Crippen LogP contribution in [0.5, 0.6) is 0 Å². The Morgan fingerprint density at radius 3 is 2.29 bits per heavy atom. The average Bonchev–Trinajstić information content (AvgIpc) is 3.49. The first kappa shape index (κ1) is 27.9. The van der Waals surface area contributed by atoms with Gasteiger partial charge in [0.25, 0.3) is 0 Å². The monoisotopic (exact) mass is 546 g/mol. The van der Waals surface area contributed by atoms with Gasteiger partial charge in [0.05, 0.1) is 23.0 Å². The minimum Gasteiger partial charge on any atom is -0.393 e. The fraction of sp³-hybridized carbons (Fsp3) is 0.265. The molecule has 1 aliphatic heterocycles. The molecule has 0 spiro atoms. The molecular weight excluding hydrogens is 512 g/mol. The van der Waals surface area contributed by atoms with Gasteiger partial charge in [-0.1, -0.05) is 18.2 Å². The Morgan fingerprint density at radius 1 is 0.927 bits per heavy atom. The smallest absolute Gasteiger partial charge is 0.183 e. The third-order valence-corrected chi connectivity index (χ3v) is 7.64. The Balaban J connectivity index is 1.18. The number of aliphatic hydroxyl groups excluding tert-OH is 1. The van der Waals surface area contributed by atoms with Crippen molar-refractivity contribution in [3.8, 4) is 6.07 Å². The quantitative estimate of drug-likeness (QED) is 0.239. The zero-order chi connectivity index (χ0) is 28.8. The molecule has 1 saturated heterocycles. The second kappa shape index (κ2) is 12.7.